The van der Waals surface area contributed by atoms with Crippen LogP contribution in [0.1, 0.15) is 35.7 Å². The maximum Gasteiger partial charge on any atom is 0.319 e. The molecule has 1 atom stereocenters. The monoisotopic (exact) mass is 477 g/mol. The highest BCUT2D eigenvalue weighted by molar-refractivity contribution is 6.03. The standard InChI is InChI=1S/C25H27N5O5/c1-15(2)26-25(33)27-17-9-10-22-21(12-17)30(3)24(32)20(14-34-22)28-23(31)19-13-18(35-29-19)11-16-7-5-4-6-8-16/h4-10,12-13,15,20H,11,14H2,1-3H3,(H,28,31)(H2,26,27,33). The molecule has 3 N–H and O–H groups in total. The van der Waals surface area contributed by atoms with E-state index in [2.05, 4.69) is 21.1 Å². The quantitative estimate of drug-likeness (QED) is 0.501. The summed E-state index contributed by atoms with van der Waals surface area (Å²) in [4.78, 5) is 39.3. The maximum atomic E-state index is 13.1. The van der Waals surface area contributed by atoms with E-state index in [1.807, 2.05) is 44.2 Å². The number of urea groups is 1. The third-order valence-corrected chi connectivity index (χ3v) is 5.35. The van der Waals surface area contributed by atoms with Crippen molar-refractivity contribution in [3.05, 3.63) is 71.6 Å². The number of hydrogen-bond acceptors (Lipinski definition) is 6. The summed E-state index contributed by atoms with van der Waals surface area (Å²) in [5.74, 6) is 0.0887. The number of likely N-dealkylation sites (N-methyl/N-ethyl adjacent to an activating group) is 1. The number of nitrogens with one attached hydrogen (secondary N) is 3. The fourth-order valence-corrected chi connectivity index (χ4v) is 3.64. The average Bonchev–Trinajstić information content (AvgIpc) is 3.26. The summed E-state index contributed by atoms with van der Waals surface area (Å²) < 4.78 is 11.1. The second-order valence-corrected chi connectivity index (χ2v) is 8.51. The van der Waals surface area contributed by atoms with Crippen LogP contribution in [0.15, 0.2) is 59.1 Å². The second-order valence-electron chi connectivity index (χ2n) is 8.51. The number of nitrogens with zero attached hydrogens (tertiary/aromatic N) is 2. The third-order valence-electron chi connectivity index (χ3n) is 5.35. The molecule has 0 aliphatic carbocycles. The van der Waals surface area contributed by atoms with Crippen LogP contribution in [0, 0.1) is 0 Å². The number of hydrogen-bond donors (Lipinski definition) is 3. The lowest BCUT2D eigenvalue weighted by Crippen LogP contribution is -2.49. The molecule has 10 heteroatoms. The molecule has 182 valence electrons. The van der Waals surface area contributed by atoms with Gasteiger partial charge in [0.05, 0.1) is 5.69 Å². The van der Waals surface area contributed by atoms with Gasteiger partial charge in [0.25, 0.3) is 11.8 Å². The first-order valence-electron chi connectivity index (χ1n) is 11.2. The molecule has 10 nitrogen and oxygen atoms in total. The lowest BCUT2D eigenvalue weighted by Gasteiger charge is -2.20. The van der Waals surface area contributed by atoms with Crippen molar-refractivity contribution in [2.24, 2.45) is 0 Å². The molecule has 1 aliphatic rings. The summed E-state index contributed by atoms with van der Waals surface area (Å²) in [7, 11) is 1.58. The Morgan fingerprint density at radius 3 is 2.66 bits per heavy atom. The van der Waals surface area contributed by atoms with Crippen LogP contribution in [0.25, 0.3) is 0 Å². The highest BCUT2D eigenvalue weighted by Crippen LogP contribution is 2.33. The van der Waals surface area contributed by atoms with E-state index in [0.29, 0.717) is 29.3 Å². The van der Waals surface area contributed by atoms with Gasteiger partial charge in [-0.1, -0.05) is 35.5 Å². The van der Waals surface area contributed by atoms with Crippen molar-refractivity contribution in [3.8, 4) is 5.75 Å². The lowest BCUT2D eigenvalue weighted by atomic mass is 10.1. The van der Waals surface area contributed by atoms with E-state index >= 15 is 0 Å². The van der Waals surface area contributed by atoms with E-state index in [-0.39, 0.29) is 30.3 Å². The Bertz CT molecular complexity index is 1220. The van der Waals surface area contributed by atoms with Crippen LogP contribution >= 0.6 is 0 Å². The van der Waals surface area contributed by atoms with Gasteiger partial charge < -0.3 is 30.1 Å². The normalized spacial score (nSPS) is 15.1. The molecule has 1 aliphatic heterocycles. The number of aromatic nitrogens is 1. The van der Waals surface area contributed by atoms with Gasteiger partial charge in [0, 0.05) is 31.3 Å². The van der Waals surface area contributed by atoms with Crippen LogP contribution in [-0.4, -0.2) is 48.7 Å². The van der Waals surface area contributed by atoms with Gasteiger partial charge in [-0.2, -0.15) is 0 Å². The molecule has 0 fully saturated rings. The number of benzene rings is 2. The van der Waals surface area contributed by atoms with Crippen LogP contribution in [0.4, 0.5) is 16.2 Å². The first-order chi connectivity index (χ1) is 16.8. The molecule has 4 rings (SSSR count). The van der Waals surface area contributed by atoms with E-state index in [9.17, 15) is 14.4 Å². The highest BCUT2D eigenvalue weighted by atomic mass is 16.5. The van der Waals surface area contributed by atoms with E-state index in [1.54, 1.807) is 31.3 Å². The summed E-state index contributed by atoms with van der Waals surface area (Å²) in [6, 6.07) is 14.9. The molecule has 35 heavy (non-hydrogen) atoms. The zero-order chi connectivity index (χ0) is 24.9. The maximum absolute atomic E-state index is 13.1. The zero-order valence-electron chi connectivity index (χ0n) is 19.7. The van der Waals surface area contributed by atoms with Crippen molar-refractivity contribution in [1.29, 1.82) is 0 Å². The molecule has 1 unspecified atom stereocenters. The van der Waals surface area contributed by atoms with Gasteiger partial charge >= 0.3 is 6.03 Å². The number of ether oxygens (including phenoxy) is 1. The second kappa shape index (κ2) is 10.3. The predicted molar refractivity (Wildman–Crippen MR) is 130 cm³/mol. The van der Waals surface area contributed by atoms with Crippen LogP contribution in [0.3, 0.4) is 0 Å². The van der Waals surface area contributed by atoms with Crippen LogP contribution in [0.2, 0.25) is 0 Å². The molecule has 0 bridgehead atoms. The van der Waals surface area contributed by atoms with Crippen LogP contribution in [-0.2, 0) is 11.2 Å². The SMILES string of the molecule is CC(C)NC(=O)Nc1ccc2c(c1)N(C)C(=O)C(NC(=O)c1cc(Cc3ccccc3)on1)CO2. The van der Waals surface area contributed by atoms with Crippen molar-refractivity contribution < 1.29 is 23.6 Å². The fourth-order valence-electron chi connectivity index (χ4n) is 3.64. The van der Waals surface area contributed by atoms with Crippen molar-refractivity contribution in [2.75, 3.05) is 23.9 Å². The van der Waals surface area contributed by atoms with Gasteiger partial charge in [-0.15, -0.1) is 0 Å². The Kier molecular flexibility index (Phi) is 7.00. The molecule has 2 aromatic carbocycles. The third kappa shape index (κ3) is 5.78. The van der Waals surface area contributed by atoms with Crippen molar-refractivity contribution in [2.45, 2.75) is 32.4 Å². The number of amides is 4. The summed E-state index contributed by atoms with van der Waals surface area (Å²) in [5, 5.41) is 12.0. The van der Waals surface area contributed by atoms with E-state index < -0.39 is 11.9 Å². The minimum Gasteiger partial charge on any atom is -0.489 e. The Morgan fingerprint density at radius 2 is 1.91 bits per heavy atom. The molecular formula is C25H27N5O5. The average molecular weight is 478 g/mol. The number of anilines is 2. The summed E-state index contributed by atoms with van der Waals surface area (Å²) in [6.45, 7) is 3.65. The molecule has 4 amide bonds. The highest BCUT2D eigenvalue weighted by Gasteiger charge is 2.31. The minimum atomic E-state index is -0.935. The number of carbonyl (C=O) groups excluding carboxylic acids is 3. The fraction of sp³-hybridized carbons (Fsp3) is 0.280. The van der Waals surface area contributed by atoms with Gasteiger partial charge in [0.2, 0.25) is 0 Å². The van der Waals surface area contributed by atoms with Gasteiger partial charge in [-0.05, 0) is 37.6 Å². The molecule has 0 saturated carbocycles. The van der Waals surface area contributed by atoms with E-state index in [4.69, 9.17) is 9.26 Å². The zero-order valence-corrected chi connectivity index (χ0v) is 19.7. The van der Waals surface area contributed by atoms with Crippen LogP contribution < -0.4 is 25.6 Å². The topological polar surface area (TPSA) is 126 Å². The van der Waals surface area contributed by atoms with E-state index in [1.165, 1.54) is 4.90 Å². The Morgan fingerprint density at radius 1 is 1.14 bits per heavy atom. The van der Waals surface area contributed by atoms with Crippen molar-refractivity contribution >= 4 is 29.2 Å². The molecule has 0 spiro atoms. The molecule has 2 heterocycles. The van der Waals surface area contributed by atoms with E-state index in [0.717, 1.165) is 5.56 Å². The largest absolute Gasteiger partial charge is 0.489 e. The van der Waals surface area contributed by atoms with Crippen molar-refractivity contribution in [1.82, 2.24) is 15.8 Å². The van der Waals surface area contributed by atoms with Gasteiger partial charge in [0.15, 0.2) is 5.69 Å². The predicted octanol–water partition coefficient (Wildman–Crippen LogP) is 2.95. The molecular weight excluding hydrogens is 450 g/mol. The Balaban J connectivity index is 1.42. The van der Waals surface area contributed by atoms with Gasteiger partial charge in [-0.25, -0.2) is 4.79 Å². The lowest BCUT2D eigenvalue weighted by molar-refractivity contribution is -0.120. The van der Waals surface area contributed by atoms with Gasteiger partial charge in [0.1, 0.15) is 24.2 Å². The Hall–Kier alpha value is -4.34. The minimum absolute atomic E-state index is 0.0214. The van der Waals surface area contributed by atoms with Crippen LogP contribution in [0.5, 0.6) is 5.75 Å². The summed E-state index contributed by atoms with van der Waals surface area (Å²) in [5.41, 5.74) is 2.08. The smallest absolute Gasteiger partial charge is 0.319 e. The van der Waals surface area contributed by atoms with Gasteiger partial charge in [-0.3, -0.25) is 9.59 Å². The number of fused-ring (bicyclic) bond motifs is 1. The molecule has 0 radical (unpaired) electrons. The Labute approximate surface area is 202 Å². The molecule has 0 saturated heterocycles. The summed E-state index contributed by atoms with van der Waals surface area (Å²) in [6.07, 6.45) is 0.496. The van der Waals surface area contributed by atoms with Crippen molar-refractivity contribution in [3.63, 3.8) is 0 Å². The number of rotatable bonds is 6. The molecule has 3 aromatic rings. The molecule has 1 aromatic heterocycles. The first kappa shape index (κ1) is 23.8. The first-order valence-corrected chi connectivity index (χ1v) is 11.2. The number of carbonyl (C=O) groups is 3. The summed E-state index contributed by atoms with van der Waals surface area (Å²) >= 11 is 0.